The monoisotopic (exact) mass is 394 g/mol. The van der Waals surface area contributed by atoms with Gasteiger partial charge >= 0.3 is 0 Å². The van der Waals surface area contributed by atoms with Gasteiger partial charge in [-0.05, 0) is 48.3 Å². The highest BCUT2D eigenvalue weighted by atomic mass is 79.9. The Morgan fingerprint density at radius 3 is 2.90 bits per heavy atom. The highest BCUT2D eigenvalue weighted by molar-refractivity contribution is 9.11. The van der Waals surface area contributed by atoms with E-state index in [9.17, 15) is 13.5 Å². The average Bonchev–Trinajstić information content (AvgIpc) is 3.03. The Labute approximate surface area is 137 Å². The quantitative estimate of drug-likeness (QED) is 0.849. The van der Waals surface area contributed by atoms with Crippen molar-refractivity contribution < 1.29 is 13.5 Å². The molecule has 2 saturated heterocycles. The number of hydrogen-bond donors (Lipinski definition) is 1. The van der Waals surface area contributed by atoms with Gasteiger partial charge in [0.2, 0.25) is 10.0 Å². The van der Waals surface area contributed by atoms with Gasteiger partial charge in [-0.15, -0.1) is 11.3 Å². The number of aliphatic hydroxyl groups is 1. The van der Waals surface area contributed by atoms with Gasteiger partial charge in [-0.1, -0.05) is 0 Å². The highest BCUT2D eigenvalue weighted by Gasteiger charge is 2.41. The van der Waals surface area contributed by atoms with Gasteiger partial charge in [0.25, 0.3) is 0 Å². The van der Waals surface area contributed by atoms with Crippen molar-refractivity contribution in [2.45, 2.75) is 43.4 Å². The van der Waals surface area contributed by atoms with E-state index in [-0.39, 0.29) is 17.5 Å². The maximum Gasteiger partial charge on any atom is 0.245 e. The summed E-state index contributed by atoms with van der Waals surface area (Å²) in [4.78, 5) is 3.35. The molecular formula is C13H19BrN2O3S2. The average molecular weight is 395 g/mol. The van der Waals surface area contributed by atoms with E-state index >= 15 is 0 Å². The Morgan fingerprint density at radius 1 is 1.48 bits per heavy atom. The lowest BCUT2D eigenvalue weighted by Crippen LogP contribution is -2.56. The van der Waals surface area contributed by atoms with Gasteiger partial charge in [0.1, 0.15) is 4.90 Å². The van der Waals surface area contributed by atoms with E-state index in [2.05, 4.69) is 20.8 Å². The van der Waals surface area contributed by atoms with E-state index in [1.165, 1.54) is 11.3 Å². The fraction of sp³-hybridized carbons (Fsp3) is 0.692. The fourth-order valence-electron chi connectivity index (χ4n) is 3.27. The molecule has 5 nitrogen and oxygen atoms in total. The minimum absolute atomic E-state index is 0.0197. The number of piperazine rings is 1. The third-order valence-corrected chi connectivity index (χ3v) is 8.55. The molecule has 0 saturated carbocycles. The second kappa shape index (κ2) is 5.90. The lowest BCUT2D eigenvalue weighted by Gasteiger charge is -2.41. The van der Waals surface area contributed by atoms with Crippen LogP contribution in [0.15, 0.2) is 14.7 Å². The summed E-state index contributed by atoms with van der Waals surface area (Å²) in [5.41, 5.74) is 0. The Bertz CT molecular complexity index is 631. The predicted octanol–water partition coefficient (Wildman–Crippen LogP) is 1.86. The molecule has 2 aliphatic rings. The summed E-state index contributed by atoms with van der Waals surface area (Å²) in [7, 11) is -3.51. The van der Waals surface area contributed by atoms with Crippen LogP contribution in [0.1, 0.15) is 24.6 Å². The van der Waals surface area contributed by atoms with Gasteiger partial charge in [0, 0.05) is 30.1 Å². The molecule has 1 aromatic heterocycles. The first-order valence-corrected chi connectivity index (χ1v) is 10.1. The maximum absolute atomic E-state index is 12.9. The molecule has 0 amide bonds. The van der Waals surface area contributed by atoms with Crippen LogP contribution in [-0.4, -0.2) is 54.4 Å². The number of nitrogens with zero attached hydrogens (tertiary/aromatic N) is 2. The molecule has 2 aliphatic heterocycles. The van der Waals surface area contributed by atoms with Crippen molar-refractivity contribution in [3.05, 3.63) is 14.7 Å². The van der Waals surface area contributed by atoms with Crippen LogP contribution in [-0.2, 0) is 16.6 Å². The summed E-state index contributed by atoms with van der Waals surface area (Å²) < 4.78 is 28.1. The molecule has 21 heavy (non-hydrogen) atoms. The molecule has 0 radical (unpaired) electrons. The zero-order valence-electron chi connectivity index (χ0n) is 11.8. The molecule has 0 spiro atoms. The molecule has 0 aliphatic carbocycles. The van der Waals surface area contributed by atoms with Crippen LogP contribution in [0.4, 0.5) is 0 Å². The Hall–Kier alpha value is 0.01000. The number of rotatable bonds is 3. The molecule has 0 aromatic carbocycles. The van der Waals surface area contributed by atoms with E-state index in [1.54, 1.807) is 10.4 Å². The molecule has 2 fully saturated rings. The summed E-state index contributed by atoms with van der Waals surface area (Å²) in [6.07, 6.45) is 2.23. The number of halogens is 1. The first kappa shape index (κ1) is 15.9. The van der Waals surface area contributed by atoms with E-state index in [1.807, 2.05) is 6.92 Å². The van der Waals surface area contributed by atoms with E-state index in [0.717, 1.165) is 25.9 Å². The fourth-order valence-corrected chi connectivity index (χ4v) is 7.43. The lowest BCUT2D eigenvalue weighted by atomic mass is 10.1. The Kier molecular flexibility index (Phi) is 4.46. The molecule has 118 valence electrons. The van der Waals surface area contributed by atoms with Gasteiger partial charge < -0.3 is 5.11 Å². The van der Waals surface area contributed by atoms with Crippen molar-refractivity contribution in [2.75, 3.05) is 19.6 Å². The molecular weight excluding hydrogens is 376 g/mol. The summed E-state index contributed by atoms with van der Waals surface area (Å²) in [5, 5.41) is 9.20. The van der Waals surface area contributed by atoms with Crippen molar-refractivity contribution >= 4 is 37.3 Å². The van der Waals surface area contributed by atoms with Crippen LogP contribution in [0.3, 0.4) is 0 Å². The number of thiophene rings is 1. The summed E-state index contributed by atoms with van der Waals surface area (Å²) >= 11 is 4.60. The van der Waals surface area contributed by atoms with E-state index in [0.29, 0.717) is 21.3 Å². The molecule has 0 bridgehead atoms. The van der Waals surface area contributed by atoms with Crippen LogP contribution in [0, 0.1) is 0 Å². The third-order valence-electron chi connectivity index (χ3n) is 4.33. The zero-order valence-corrected chi connectivity index (χ0v) is 15.0. The van der Waals surface area contributed by atoms with Crippen LogP contribution in [0.5, 0.6) is 0 Å². The Morgan fingerprint density at radius 2 is 2.24 bits per heavy atom. The molecule has 2 unspecified atom stereocenters. The van der Waals surface area contributed by atoms with E-state index in [4.69, 9.17) is 0 Å². The van der Waals surface area contributed by atoms with Gasteiger partial charge in [-0.3, -0.25) is 4.90 Å². The van der Waals surface area contributed by atoms with Gasteiger partial charge in [-0.25, -0.2) is 8.42 Å². The van der Waals surface area contributed by atoms with Crippen molar-refractivity contribution in [2.24, 2.45) is 0 Å². The second-order valence-corrected chi connectivity index (χ2v) is 10.0. The summed E-state index contributed by atoms with van der Waals surface area (Å²) in [5.74, 6) is 0. The Balaban J connectivity index is 1.91. The molecule has 1 N–H and O–H groups in total. The first-order valence-electron chi connectivity index (χ1n) is 7.08. The second-order valence-electron chi connectivity index (χ2n) is 5.72. The summed E-state index contributed by atoms with van der Waals surface area (Å²) in [6, 6.07) is 1.91. The third kappa shape index (κ3) is 2.82. The smallest absolute Gasteiger partial charge is 0.245 e. The molecule has 3 rings (SSSR count). The highest BCUT2D eigenvalue weighted by Crippen LogP contribution is 2.36. The SMILES string of the molecule is CC1CN2CCCC2CN1S(=O)(=O)c1cc(CO)sc1Br. The van der Waals surface area contributed by atoms with Crippen LogP contribution >= 0.6 is 27.3 Å². The minimum Gasteiger partial charge on any atom is -0.391 e. The number of aliphatic hydroxyl groups excluding tert-OH is 1. The van der Waals surface area contributed by atoms with Crippen molar-refractivity contribution in [3.8, 4) is 0 Å². The van der Waals surface area contributed by atoms with Crippen molar-refractivity contribution in [3.63, 3.8) is 0 Å². The standard InChI is InChI=1S/C13H19BrN2O3S2/c1-9-6-15-4-2-3-10(15)7-16(9)21(18,19)12-5-11(8-17)20-13(12)14/h5,9-10,17H,2-4,6-8H2,1H3. The van der Waals surface area contributed by atoms with Gasteiger partial charge in [-0.2, -0.15) is 4.31 Å². The molecule has 2 atom stereocenters. The zero-order chi connectivity index (χ0) is 15.2. The number of fused-ring (bicyclic) bond motifs is 1. The van der Waals surface area contributed by atoms with Crippen LogP contribution < -0.4 is 0 Å². The number of hydrogen-bond acceptors (Lipinski definition) is 5. The first-order chi connectivity index (χ1) is 9.93. The molecule has 8 heteroatoms. The normalized spacial score (nSPS) is 28.0. The molecule has 3 heterocycles. The van der Waals surface area contributed by atoms with E-state index < -0.39 is 10.0 Å². The lowest BCUT2D eigenvalue weighted by molar-refractivity contribution is 0.117. The summed E-state index contributed by atoms with van der Waals surface area (Å²) in [6.45, 7) is 4.29. The van der Waals surface area contributed by atoms with Gasteiger partial charge in [0.05, 0.1) is 10.4 Å². The maximum atomic E-state index is 12.9. The topological polar surface area (TPSA) is 60.9 Å². The van der Waals surface area contributed by atoms with Crippen molar-refractivity contribution in [1.29, 1.82) is 0 Å². The van der Waals surface area contributed by atoms with Gasteiger partial charge in [0.15, 0.2) is 0 Å². The largest absolute Gasteiger partial charge is 0.391 e. The van der Waals surface area contributed by atoms with Crippen LogP contribution in [0.25, 0.3) is 0 Å². The predicted molar refractivity (Wildman–Crippen MR) is 85.9 cm³/mol. The molecule has 1 aromatic rings. The number of sulfonamides is 1. The minimum atomic E-state index is -3.51. The van der Waals surface area contributed by atoms with Crippen molar-refractivity contribution in [1.82, 2.24) is 9.21 Å². The van der Waals surface area contributed by atoms with Crippen LogP contribution in [0.2, 0.25) is 0 Å².